The molecule has 0 aliphatic heterocycles. The number of benzene rings is 1. The Morgan fingerprint density at radius 1 is 1.21 bits per heavy atom. The summed E-state index contributed by atoms with van der Waals surface area (Å²) in [5.41, 5.74) is 2.29. The number of thiophene rings is 1. The quantitative estimate of drug-likeness (QED) is 0.680. The van der Waals surface area contributed by atoms with Crippen LogP contribution >= 0.6 is 34.3 Å². The average Bonchev–Trinajstić information content (AvgIpc) is 2.93. The molecule has 1 aromatic carbocycles. The van der Waals surface area contributed by atoms with Crippen LogP contribution in [0.15, 0.2) is 30.3 Å². The minimum absolute atomic E-state index is 0.844. The molecule has 0 radical (unpaired) electrons. The number of hydrogen-bond donors (Lipinski definition) is 0. The summed E-state index contributed by atoms with van der Waals surface area (Å²) in [6, 6.07) is 10.4. The molecule has 2 nitrogen and oxygen atoms in total. The predicted octanol–water partition coefficient (Wildman–Crippen LogP) is 4.96. The third-order valence-corrected chi connectivity index (χ3v) is 5.09. The molecule has 2 heterocycles. The lowest BCUT2D eigenvalue weighted by molar-refractivity contribution is 0.942. The van der Waals surface area contributed by atoms with Gasteiger partial charge in [-0.3, -0.25) is 0 Å². The molecule has 3 aromatic rings. The number of aromatic nitrogens is 1. The molecule has 0 fully saturated rings. The van der Waals surface area contributed by atoms with Crippen LogP contribution in [0.5, 0.6) is 0 Å². The number of thiazole rings is 1. The van der Waals surface area contributed by atoms with Crippen molar-refractivity contribution in [2.75, 3.05) is 11.9 Å². The van der Waals surface area contributed by atoms with Crippen LogP contribution < -0.4 is 4.90 Å². The van der Waals surface area contributed by atoms with E-state index in [0.717, 1.165) is 21.4 Å². The Labute approximate surface area is 125 Å². The number of anilines is 1. The van der Waals surface area contributed by atoms with E-state index in [1.807, 2.05) is 13.0 Å². The summed E-state index contributed by atoms with van der Waals surface area (Å²) >= 11 is 9.33. The number of halogens is 1. The molecular weight excluding hydrogens is 296 g/mol. The molecule has 5 heteroatoms. The summed E-state index contributed by atoms with van der Waals surface area (Å²) < 4.78 is 2.09. The van der Waals surface area contributed by atoms with E-state index in [1.165, 1.54) is 15.3 Å². The zero-order chi connectivity index (χ0) is 13.4. The van der Waals surface area contributed by atoms with Gasteiger partial charge in [-0.2, -0.15) is 0 Å². The minimum Gasteiger partial charge on any atom is -0.369 e. The molecule has 0 saturated heterocycles. The van der Waals surface area contributed by atoms with Gasteiger partial charge in [-0.25, -0.2) is 4.98 Å². The number of fused-ring (bicyclic) bond motifs is 1. The van der Waals surface area contributed by atoms with Gasteiger partial charge in [0.2, 0.25) is 0 Å². The van der Waals surface area contributed by atoms with Crippen LogP contribution in [0.2, 0.25) is 4.34 Å². The second kappa shape index (κ2) is 5.12. The van der Waals surface area contributed by atoms with E-state index in [-0.39, 0.29) is 0 Å². The Morgan fingerprint density at radius 2 is 2.05 bits per heavy atom. The molecule has 0 unspecified atom stereocenters. The summed E-state index contributed by atoms with van der Waals surface area (Å²) in [6.07, 6.45) is 0. The summed E-state index contributed by atoms with van der Waals surface area (Å²) in [5.74, 6) is 0. The predicted molar refractivity (Wildman–Crippen MR) is 85.8 cm³/mol. The molecule has 3 rings (SSSR count). The molecule has 0 spiro atoms. The Balaban J connectivity index is 1.86. The molecule has 98 valence electrons. The molecule has 19 heavy (non-hydrogen) atoms. The number of nitrogens with zero attached hydrogens (tertiary/aromatic N) is 2. The molecule has 0 amide bonds. The van der Waals surface area contributed by atoms with E-state index < -0.39 is 0 Å². The summed E-state index contributed by atoms with van der Waals surface area (Å²) in [4.78, 5) is 7.99. The van der Waals surface area contributed by atoms with Gasteiger partial charge in [0, 0.05) is 17.6 Å². The van der Waals surface area contributed by atoms with Gasteiger partial charge in [-0.15, -0.1) is 22.7 Å². The Bertz CT molecular complexity index is 717. The molecule has 0 saturated carbocycles. The zero-order valence-corrected chi connectivity index (χ0v) is 13.1. The summed E-state index contributed by atoms with van der Waals surface area (Å²) in [6.45, 7) is 2.92. The van der Waals surface area contributed by atoms with Gasteiger partial charge in [0.15, 0.2) is 0 Å². The minimum atomic E-state index is 0.844. The van der Waals surface area contributed by atoms with Crippen molar-refractivity contribution < 1.29 is 0 Å². The highest BCUT2D eigenvalue weighted by molar-refractivity contribution is 7.18. The highest BCUT2D eigenvalue weighted by atomic mass is 35.5. The van der Waals surface area contributed by atoms with Crippen molar-refractivity contribution in [2.45, 2.75) is 13.5 Å². The first-order chi connectivity index (χ1) is 9.11. The lowest BCUT2D eigenvalue weighted by Crippen LogP contribution is -2.15. The maximum absolute atomic E-state index is 5.96. The lowest BCUT2D eigenvalue weighted by atomic mass is 10.2. The van der Waals surface area contributed by atoms with Crippen LogP contribution in [0.4, 0.5) is 5.69 Å². The van der Waals surface area contributed by atoms with Crippen molar-refractivity contribution in [3.05, 3.63) is 44.6 Å². The van der Waals surface area contributed by atoms with Crippen LogP contribution in [0, 0.1) is 6.92 Å². The van der Waals surface area contributed by atoms with E-state index in [2.05, 4.69) is 41.2 Å². The second-order valence-corrected chi connectivity index (χ2v) is 7.48. The van der Waals surface area contributed by atoms with Crippen molar-refractivity contribution in [3.63, 3.8) is 0 Å². The first kappa shape index (κ1) is 12.9. The van der Waals surface area contributed by atoms with Crippen molar-refractivity contribution in [3.8, 4) is 0 Å². The van der Waals surface area contributed by atoms with Gasteiger partial charge in [-0.05, 0) is 37.3 Å². The monoisotopic (exact) mass is 308 g/mol. The molecule has 2 aromatic heterocycles. The van der Waals surface area contributed by atoms with Gasteiger partial charge < -0.3 is 4.90 Å². The maximum atomic E-state index is 5.96. The third kappa shape index (κ3) is 2.76. The highest BCUT2D eigenvalue weighted by Gasteiger charge is 2.07. The van der Waals surface area contributed by atoms with Crippen molar-refractivity contribution in [1.29, 1.82) is 0 Å². The van der Waals surface area contributed by atoms with E-state index in [4.69, 9.17) is 11.6 Å². The molecule has 0 aliphatic rings. The van der Waals surface area contributed by atoms with E-state index >= 15 is 0 Å². The van der Waals surface area contributed by atoms with Crippen LogP contribution in [-0.2, 0) is 6.54 Å². The molecule has 0 bridgehead atoms. The summed E-state index contributed by atoms with van der Waals surface area (Å²) in [5, 5.41) is 1.11. The van der Waals surface area contributed by atoms with E-state index in [1.54, 1.807) is 22.7 Å². The normalized spacial score (nSPS) is 11.1. The van der Waals surface area contributed by atoms with Crippen LogP contribution in [0.3, 0.4) is 0 Å². The SMILES string of the molecule is Cc1nc2ccc(N(C)Cc3ccc(Cl)s3)cc2s1. The van der Waals surface area contributed by atoms with Crippen molar-refractivity contribution >= 4 is 50.2 Å². The Kier molecular flexibility index (Phi) is 3.48. The van der Waals surface area contributed by atoms with E-state index in [0.29, 0.717) is 0 Å². The summed E-state index contributed by atoms with van der Waals surface area (Å²) in [7, 11) is 2.10. The number of rotatable bonds is 3. The van der Waals surface area contributed by atoms with Crippen LogP contribution in [0.1, 0.15) is 9.88 Å². The largest absolute Gasteiger partial charge is 0.369 e. The van der Waals surface area contributed by atoms with Gasteiger partial charge in [-0.1, -0.05) is 11.6 Å². The topological polar surface area (TPSA) is 16.1 Å². The first-order valence-corrected chi connectivity index (χ1v) is 7.95. The Morgan fingerprint density at radius 3 is 2.79 bits per heavy atom. The fraction of sp³-hybridized carbons (Fsp3) is 0.214. The third-order valence-electron chi connectivity index (χ3n) is 2.94. The standard InChI is InChI=1S/C14H13ClN2S2/c1-9-16-12-5-3-10(7-13(12)18-9)17(2)8-11-4-6-14(15)19-11/h3-7H,8H2,1-2H3. The van der Waals surface area contributed by atoms with Gasteiger partial charge in [0.05, 0.1) is 26.1 Å². The smallest absolute Gasteiger partial charge is 0.0931 e. The van der Waals surface area contributed by atoms with Crippen LogP contribution in [-0.4, -0.2) is 12.0 Å². The van der Waals surface area contributed by atoms with Gasteiger partial charge in [0.25, 0.3) is 0 Å². The van der Waals surface area contributed by atoms with Gasteiger partial charge in [0.1, 0.15) is 0 Å². The van der Waals surface area contributed by atoms with Crippen molar-refractivity contribution in [1.82, 2.24) is 4.98 Å². The fourth-order valence-electron chi connectivity index (χ4n) is 2.03. The molecular formula is C14H13ClN2S2. The van der Waals surface area contributed by atoms with Crippen molar-refractivity contribution in [2.24, 2.45) is 0 Å². The average molecular weight is 309 g/mol. The van der Waals surface area contributed by atoms with Gasteiger partial charge >= 0.3 is 0 Å². The fourth-order valence-corrected chi connectivity index (χ4v) is 4.03. The van der Waals surface area contributed by atoms with Crippen LogP contribution in [0.25, 0.3) is 10.2 Å². The Hall–Kier alpha value is -1.10. The number of aryl methyl sites for hydroxylation is 1. The highest BCUT2D eigenvalue weighted by Crippen LogP contribution is 2.28. The first-order valence-electron chi connectivity index (χ1n) is 5.94. The number of hydrogen-bond acceptors (Lipinski definition) is 4. The van der Waals surface area contributed by atoms with E-state index in [9.17, 15) is 0 Å². The maximum Gasteiger partial charge on any atom is 0.0931 e. The zero-order valence-electron chi connectivity index (χ0n) is 10.7. The molecule has 0 atom stereocenters. The second-order valence-electron chi connectivity index (χ2n) is 4.45. The lowest BCUT2D eigenvalue weighted by Gasteiger charge is -2.18. The molecule has 0 aliphatic carbocycles. The molecule has 0 N–H and O–H groups in total.